The lowest BCUT2D eigenvalue weighted by Gasteiger charge is -2.18. The molecular formula is C8H11NO5. The lowest BCUT2D eigenvalue weighted by Crippen LogP contribution is -2.35. The van der Waals surface area contributed by atoms with Crippen molar-refractivity contribution in [1.82, 2.24) is 0 Å². The smallest absolute Gasteiger partial charge is 0.353 e. The molecular weight excluding hydrogens is 190 g/mol. The summed E-state index contributed by atoms with van der Waals surface area (Å²) in [6.45, 7) is -0.0741. The third-order valence-corrected chi connectivity index (χ3v) is 1.74. The molecule has 1 heterocycles. The topological polar surface area (TPSA) is 85.2 Å². The molecule has 6 nitrogen and oxygen atoms in total. The van der Waals surface area contributed by atoms with Crippen LogP contribution >= 0.6 is 0 Å². The minimum Gasteiger partial charge on any atom is -0.469 e. The average Bonchev–Trinajstić information content (AvgIpc) is 2.20. The second kappa shape index (κ2) is 4.71. The molecule has 0 aromatic heterocycles. The molecule has 0 fully saturated rings. The summed E-state index contributed by atoms with van der Waals surface area (Å²) < 4.78 is 9.14. The van der Waals surface area contributed by atoms with E-state index in [1.54, 1.807) is 0 Å². The monoisotopic (exact) mass is 201 g/mol. The number of aliphatic hydroxyl groups excluding tert-OH is 1. The van der Waals surface area contributed by atoms with Gasteiger partial charge >= 0.3 is 11.9 Å². The lowest BCUT2D eigenvalue weighted by molar-refractivity contribution is -0.145. The van der Waals surface area contributed by atoms with Crippen molar-refractivity contribution in [2.75, 3.05) is 20.3 Å². The van der Waals surface area contributed by atoms with Gasteiger partial charge in [-0.1, -0.05) is 0 Å². The van der Waals surface area contributed by atoms with Crippen molar-refractivity contribution in [2.24, 2.45) is 4.99 Å². The minimum absolute atomic E-state index is 0.0431. The van der Waals surface area contributed by atoms with Crippen LogP contribution in [0.1, 0.15) is 6.42 Å². The number of carbonyl (C=O) groups excluding carboxylic acids is 2. The first kappa shape index (κ1) is 10.6. The fourth-order valence-corrected chi connectivity index (χ4v) is 0.965. The molecule has 14 heavy (non-hydrogen) atoms. The number of aliphatic imine (C=N–C) groups is 1. The van der Waals surface area contributed by atoms with E-state index in [2.05, 4.69) is 9.73 Å². The van der Waals surface area contributed by atoms with E-state index >= 15 is 0 Å². The zero-order valence-electron chi connectivity index (χ0n) is 7.73. The molecule has 6 heteroatoms. The number of carbonyl (C=O) groups is 2. The number of nitrogens with zero attached hydrogens (tertiary/aromatic N) is 1. The quantitative estimate of drug-likeness (QED) is 0.586. The first-order chi connectivity index (χ1) is 6.67. The zero-order valence-corrected chi connectivity index (χ0v) is 7.73. The van der Waals surface area contributed by atoms with Crippen molar-refractivity contribution in [3.8, 4) is 0 Å². The Bertz CT molecular complexity index is 273. The summed E-state index contributed by atoms with van der Waals surface area (Å²) >= 11 is 0. The highest BCUT2D eigenvalue weighted by Crippen LogP contribution is 2.05. The number of cyclic esters (lactones) is 1. The highest BCUT2D eigenvalue weighted by molar-refractivity contribution is 6.39. The van der Waals surface area contributed by atoms with E-state index in [4.69, 9.17) is 9.84 Å². The van der Waals surface area contributed by atoms with Crippen LogP contribution in [0.3, 0.4) is 0 Å². The van der Waals surface area contributed by atoms with Crippen LogP contribution in [0.25, 0.3) is 0 Å². The Balaban J connectivity index is 2.58. The molecule has 78 valence electrons. The van der Waals surface area contributed by atoms with E-state index < -0.39 is 18.0 Å². The van der Waals surface area contributed by atoms with Crippen LogP contribution in [0.15, 0.2) is 4.99 Å². The van der Waals surface area contributed by atoms with Crippen LogP contribution in [-0.4, -0.2) is 49.1 Å². The molecule has 0 aliphatic carbocycles. The van der Waals surface area contributed by atoms with Gasteiger partial charge in [0.2, 0.25) is 0 Å². The summed E-state index contributed by atoms with van der Waals surface area (Å²) in [4.78, 5) is 25.8. The number of hydrogen-bond donors (Lipinski definition) is 1. The summed E-state index contributed by atoms with van der Waals surface area (Å²) in [6.07, 6.45) is -0.781. The van der Waals surface area contributed by atoms with Gasteiger partial charge in [-0.05, 0) is 0 Å². The van der Waals surface area contributed by atoms with Crippen molar-refractivity contribution in [1.29, 1.82) is 0 Å². The van der Waals surface area contributed by atoms with Crippen LogP contribution in [0.4, 0.5) is 0 Å². The van der Waals surface area contributed by atoms with Gasteiger partial charge in [-0.2, -0.15) is 0 Å². The van der Waals surface area contributed by atoms with E-state index in [1.165, 1.54) is 7.11 Å². The summed E-state index contributed by atoms with van der Waals surface area (Å²) in [7, 11) is 1.23. The summed E-state index contributed by atoms with van der Waals surface area (Å²) in [5.41, 5.74) is 0.0431. The Morgan fingerprint density at radius 3 is 3.00 bits per heavy atom. The van der Waals surface area contributed by atoms with E-state index in [-0.39, 0.29) is 25.3 Å². The minimum atomic E-state index is -0.666. The molecule has 0 aromatic rings. The molecule has 0 bridgehead atoms. The number of rotatable bonds is 3. The van der Waals surface area contributed by atoms with Gasteiger partial charge in [-0.15, -0.1) is 0 Å². The van der Waals surface area contributed by atoms with Crippen molar-refractivity contribution in [3.05, 3.63) is 0 Å². The first-order valence-corrected chi connectivity index (χ1v) is 4.09. The maximum atomic E-state index is 11.1. The largest absolute Gasteiger partial charge is 0.469 e. The molecule has 0 saturated carbocycles. The van der Waals surface area contributed by atoms with Gasteiger partial charge < -0.3 is 14.6 Å². The Morgan fingerprint density at radius 1 is 1.79 bits per heavy atom. The Morgan fingerprint density at radius 2 is 2.50 bits per heavy atom. The van der Waals surface area contributed by atoms with Crippen molar-refractivity contribution in [2.45, 2.75) is 12.5 Å². The predicted molar refractivity (Wildman–Crippen MR) is 45.9 cm³/mol. The molecule has 1 atom stereocenters. The molecule has 1 aliphatic heterocycles. The first-order valence-electron chi connectivity index (χ1n) is 4.09. The van der Waals surface area contributed by atoms with E-state index in [0.29, 0.717) is 0 Å². The van der Waals surface area contributed by atoms with Crippen LogP contribution in [0.2, 0.25) is 0 Å². The molecule has 0 radical (unpaired) electrons. The highest BCUT2D eigenvalue weighted by atomic mass is 16.6. The SMILES string of the molecule is COC(=O)CC1=NCC(CO)OC1=O. The van der Waals surface area contributed by atoms with Gasteiger partial charge in [0.1, 0.15) is 11.8 Å². The summed E-state index contributed by atoms with van der Waals surface area (Å²) in [5, 5.41) is 8.69. The number of esters is 2. The van der Waals surface area contributed by atoms with Crippen LogP contribution in [0, 0.1) is 0 Å². The molecule has 0 spiro atoms. The standard InChI is InChI=1S/C8H11NO5/c1-13-7(11)2-6-8(12)14-5(4-10)3-9-6/h5,10H,2-4H2,1H3. The summed E-state index contributed by atoms with van der Waals surface area (Å²) in [5.74, 6) is -1.20. The number of ether oxygens (including phenoxy) is 2. The van der Waals surface area contributed by atoms with E-state index in [9.17, 15) is 9.59 Å². The molecule has 0 saturated heterocycles. The van der Waals surface area contributed by atoms with Crippen molar-refractivity contribution < 1.29 is 24.2 Å². The maximum absolute atomic E-state index is 11.1. The Labute approximate surface area is 80.5 Å². The Hall–Kier alpha value is -1.43. The number of hydrogen-bond acceptors (Lipinski definition) is 6. The highest BCUT2D eigenvalue weighted by Gasteiger charge is 2.25. The van der Waals surface area contributed by atoms with Gasteiger partial charge in [0.15, 0.2) is 0 Å². The number of aliphatic hydroxyl groups is 1. The summed E-state index contributed by atoms with van der Waals surface area (Å²) in [6, 6.07) is 0. The van der Waals surface area contributed by atoms with Gasteiger partial charge in [-0.25, -0.2) is 4.79 Å². The normalized spacial score (nSPS) is 21.1. The van der Waals surface area contributed by atoms with E-state index in [1.807, 2.05) is 0 Å². The fraction of sp³-hybridized carbons (Fsp3) is 0.625. The van der Waals surface area contributed by atoms with Gasteiger partial charge in [0.25, 0.3) is 0 Å². The van der Waals surface area contributed by atoms with Crippen LogP contribution in [-0.2, 0) is 19.1 Å². The average molecular weight is 201 g/mol. The second-order valence-corrected chi connectivity index (χ2v) is 2.75. The fourth-order valence-electron chi connectivity index (χ4n) is 0.965. The predicted octanol–water partition coefficient (Wildman–Crippen LogP) is -1.09. The van der Waals surface area contributed by atoms with Crippen molar-refractivity contribution >= 4 is 17.7 Å². The third-order valence-electron chi connectivity index (χ3n) is 1.74. The van der Waals surface area contributed by atoms with Gasteiger partial charge in [0, 0.05) is 0 Å². The number of methoxy groups -OCH3 is 1. The molecule has 1 unspecified atom stereocenters. The molecule has 1 rings (SSSR count). The zero-order chi connectivity index (χ0) is 10.6. The Kier molecular flexibility index (Phi) is 3.58. The van der Waals surface area contributed by atoms with Crippen LogP contribution < -0.4 is 0 Å². The molecule has 0 aromatic carbocycles. The lowest BCUT2D eigenvalue weighted by atomic mass is 10.2. The maximum Gasteiger partial charge on any atom is 0.353 e. The second-order valence-electron chi connectivity index (χ2n) is 2.75. The van der Waals surface area contributed by atoms with Gasteiger partial charge in [-0.3, -0.25) is 9.79 Å². The van der Waals surface area contributed by atoms with Gasteiger partial charge in [0.05, 0.1) is 26.7 Å². The molecule has 1 aliphatic rings. The third kappa shape index (κ3) is 2.53. The van der Waals surface area contributed by atoms with Crippen LogP contribution in [0.5, 0.6) is 0 Å². The van der Waals surface area contributed by atoms with E-state index in [0.717, 1.165) is 0 Å². The molecule has 1 N–H and O–H groups in total. The molecule has 0 amide bonds. The van der Waals surface area contributed by atoms with Crippen molar-refractivity contribution in [3.63, 3.8) is 0 Å².